The van der Waals surface area contributed by atoms with Gasteiger partial charge in [-0.25, -0.2) is 14.5 Å². The van der Waals surface area contributed by atoms with Crippen LogP contribution in [0.15, 0.2) is 122 Å². The van der Waals surface area contributed by atoms with Crippen LogP contribution in [0.2, 0.25) is 0 Å². The molecular weight excluding hydrogens is 513 g/mol. The molecule has 0 bridgehead atoms. The number of rotatable bonds is 7. The molecule has 0 saturated heterocycles. The molecule has 0 aliphatic carbocycles. The maximum Gasteiger partial charge on any atom is 0.371 e. The molecule has 1 aliphatic heterocycles. The number of halogens is 1. The molecule has 0 spiro atoms. The maximum atomic E-state index is 12.8. The van der Waals surface area contributed by atoms with Crippen LogP contribution in [-0.2, 0) is 14.4 Å². The number of imide groups is 1. The molecule has 0 radical (unpaired) electrons. The van der Waals surface area contributed by atoms with Crippen molar-refractivity contribution < 1.29 is 33.0 Å². The lowest BCUT2D eigenvalue weighted by Crippen LogP contribution is -2.29. The van der Waals surface area contributed by atoms with Crippen molar-refractivity contribution in [2.75, 3.05) is 4.90 Å². The molecule has 4 aromatic rings. The Labute approximate surface area is 228 Å². The summed E-state index contributed by atoms with van der Waals surface area (Å²) in [6, 6.07) is 27.5. The fourth-order valence-electron chi connectivity index (χ4n) is 4.02. The maximum absolute atomic E-state index is 12.8. The van der Waals surface area contributed by atoms with Crippen molar-refractivity contribution in [2.45, 2.75) is 0 Å². The van der Waals surface area contributed by atoms with Gasteiger partial charge in [0.2, 0.25) is 5.83 Å². The van der Waals surface area contributed by atoms with Crippen molar-refractivity contribution in [3.63, 3.8) is 0 Å². The van der Waals surface area contributed by atoms with E-state index in [0.29, 0.717) is 11.3 Å². The molecule has 0 atom stereocenters. The largest absolute Gasteiger partial charge is 0.423 e. The number of hydrogen-bond acceptors (Lipinski definition) is 6. The first-order valence-corrected chi connectivity index (χ1v) is 12.0. The van der Waals surface area contributed by atoms with E-state index in [1.54, 1.807) is 24.3 Å². The third-order valence-electron chi connectivity index (χ3n) is 6.07. The number of benzene rings is 4. The second-order valence-electron chi connectivity index (χ2n) is 8.70. The van der Waals surface area contributed by atoms with Crippen molar-refractivity contribution in [2.24, 2.45) is 0 Å². The van der Waals surface area contributed by atoms with E-state index in [0.717, 1.165) is 27.2 Å². The lowest BCUT2D eigenvalue weighted by molar-refractivity contribution is -0.131. The van der Waals surface area contributed by atoms with Gasteiger partial charge in [0.1, 0.15) is 11.5 Å². The monoisotopic (exact) mass is 533 g/mol. The van der Waals surface area contributed by atoms with Crippen LogP contribution in [0, 0.1) is 0 Å². The van der Waals surface area contributed by atoms with E-state index in [1.807, 2.05) is 48.5 Å². The van der Waals surface area contributed by atoms with E-state index in [-0.39, 0.29) is 23.3 Å². The number of amides is 2. The third-order valence-corrected chi connectivity index (χ3v) is 6.07. The van der Waals surface area contributed by atoms with Crippen LogP contribution < -0.4 is 14.4 Å². The summed E-state index contributed by atoms with van der Waals surface area (Å²) in [5, 5.41) is 0. The van der Waals surface area contributed by atoms with E-state index in [1.165, 1.54) is 36.4 Å². The van der Waals surface area contributed by atoms with Crippen molar-refractivity contribution >= 4 is 29.4 Å². The summed E-state index contributed by atoms with van der Waals surface area (Å²) in [5.41, 5.74) is 4.59. The molecule has 1 heterocycles. The smallest absolute Gasteiger partial charge is 0.371 e. The van der Waals surface area contributed by atoms with Crippen LogP contribution in [-0.4, -0.2) is 23.8 Å². The normalized spacial score (nSPS) is 12.4. The van der Waals surface area contributed by atoms with Crippen molar-refractivity contribution in [3.05, 3.63) is 127 Å². The highest BCUT2D eigenvalue weighted by atomic mass is 19.1. The standard InChI is InChI=1S/C32H20FNO6/c1-20(33)31(37)39-27-14-16-28(17-15-27)40-32(38)25-8-6-23(7-9-25)21-2-4-22(5-3-21)24-10-12-26(13-11-24)34-29(35)18-19-30(34)36/h2-19H,1H2. The summed E-state index contributed by atoms with van der Waals surface area (Å²) in [5.74, 6) is -3.38. The molecular formula is C32H20FNO6. The van der Waals surface area contributed by atoms with Crippen molar-refractivity contribution in [1.29, 1.82) is 0 Å². The quantitative estimate of drug-likeness (QED) is 0.124. The fourth-order valence-corrected chi connectivity index (χ4v) is 4.02. The lowest BCUT2D eigenvalue weighted by Gasteiger charge is -2.14. The lowest BCUT2D eigenvalue weighted by atomic mass is 9.99. The zero-order valence-electron chi connectivity index (χ0n) is 20.9. The molecule has 4 aromatic carbocycles. The number of nitrogens with zero attached hydrogens (tertiary/aromatic N) is 1. The SMILES string of the molecule is C=C(F)C(=O)Oc1ccc(OC(=O)c2ccc(-c3ccc(-c4ccc(N5C(=O)C=CC5=O)cc4)cc3)cc2)cc1. The zero-order valence-corrected chi connectivity index (χ0v) is 20.9. The zero-order chi connectivity index (χ0) is 28.2. The van der Waals surface area contributed by atoms with Crippen LogP contribution in [0.5, 0.6) is 11.5 Å². The highest BCUT2D eigenvalue weighted by Gasteiger charge is 2.24. The molecule has 40 heavy (non-hydrogen) atoms. The van der Waals surface area contributed by atoms with Gasteiger partial charge in [-0.1, -0.05) is 55.1 Å². The Bertz CT molecular complexity index is 1640. The summed E-state index contributed by atoms with van der Waals surface area (Å²) in [6.07, 6.45) is 2.50. The van der Waals surface area contributed by atoms with Crippen LogP contribution in [0.25, 0.3) is 22.3 Å². The van der Waals surface area contributed by atoms with Gasteiger partial charge in [0.25, 0.3) is 11.8 Å². The molecule has 0 fully saturated rings. The number of carbonyl (C=O) groups is 4. The number of hydrogen-bond donors (Lipinski definition) is 0. The molecule has 8 heteroatoms. The van der Waals surface area contributed by atoms with E-state index in [2.05, 4.69) is 6.58 Å². The van der Waals surface area contributed by atoms with Crippen molar-refractivity contribution in [1.82, 2.24) is 0 Å². The first-order valence-electron chi connectivity index (χ1n) is 12.0. The van der Waals surface area contributed by atoms with Gasteiger partial charge in [0, 0.05) is 12.2 Å². The van der Waals surface area contributed by atoms with E-state index >= 15 is 0 Å². The Morgan fingerprint density at radius 3 is 1.45 bits per heavy atom. The molecule has 0 aromatic heterocycles. The second kappa shape index (κ2) is 11.0. The van der Waals surface area contributed by atoms with Crippen LogP contribution in [0.1, 0.15) is 10.4 Å². The minimum Gasteiger partial charge on any atom is -0.423 e. The first-order chi connectivity index (χ1) is 19.3. The topological polar surface area (TPSA) is 90.0 Å². The summed E-state index contributed by atoms with van der Waals surface area (Å²) < 4.78 is 22.9. The third kappa shape index (κ3) is 5.61. The van der Waals surface area contributed by atoms with Crippen molar-refractivity contribution in [3.8, 4) is 33.8 Å². The summed E-state index contributed by atoms with van der Waals surface area (Å²) in [7, 11) is 0. The summed E-state index contributed by atoms with van der Waals surface area (Å²) in [4.78, 5) is 48.7. The van der Waals surface area contributed by atoms with Crippen LogP contribution in [0.3, 0.4) is 0 Å². The van der Waals surface area contributed by atoms with E-state index < -0.39 is 17.8 Å². The second-order valence-corrected chi connectivity index (χ2v) is 8.70. The molecule has 0 saturated carbocycles. The summed E-state index contributed by atoms with van der Waals surface area (Å²) >= 11 is 0. The van der Waals surface area contributed by atoms with Gasteiger partial charge in [-0.05, 0) is 70.8 Å². The Balaban J connectivity index is 1.21. The molecule has 196 valence electrons. The number of carbonyl (C=O) groups excluding carboxylic acids is 4. The van der Waals surface area contributed by atoms with Gasteiger partial charge < -0.3 is 9.47 Å². The van der Waals surface area contributed by atoms with Gasteiger partial charge in [-0.15, -0.1) is 0 Å². The van der Waals surface area contributed by atoms with Crippen LogP contribution in [0.4, 0.5) is 10.1 Å². The molecule has 2 amide bonds. The molecule has 7 nitrogen and oxygen atoms in total. The minimum absolute atomic E-state index is 0.0867. The minimum atomic E-state index is -1.21. The first kappa shape index (κ1) is 26.0. The van der Waals surface area contributed by atoms with Gasteiger partial charge >= 0.3 is 11.9 Å². The predicted molar refractivity (Wildman–Crippen MR) is 146 cm³/mol. The Kier molecular flexibility index (Phi) is 7.15. The Morgan fingerprint density at radius 2 is 1.00 bits per heavy atom. The number of esters is 2. The molecule has 0 unspecified atom stereocenters. The Morgan fingerprint density at radius 1 is 0.600 bits per heavy atom. The van der Waals surface area contributed by atoms with Gasteiger partial charge in [-0.3, -0.25) is 9.59 Å². The fraction of sp³-hybridized carbons (Fsp3) is 0. The number of anilines is 1. The molecule has 0 N–H and O–H groups in total. The summed E-state index contributed by atoms with van der Waals surface area (Å²) in [6.45, 7) is 2.87. The highest BCUT2D eigenvalue weighted by molar-refractivity contribution is 6.28. The van der Waals surface area contributed by atoms with Gasteiger partial charge in [-0.2, -0.15) is 4.39 Å². The van der Waals surface area contributed by atoms with Gasteiger partial charge in [0.15, 0.2) is 0 Å². The van der Waals surface area contributed by atoms with Gasteiger partial charge in [0.05, 0.1) is 11.3 Å². The average Bonchev–Trinajstić information content (AvgIpc) is 3.31. The molecule has 1 aliphatic rings. The predicted octanol–water partition coefficient (Wildman–Crippen LogP) is 6.06. The average molecular weight is 534 g/mol. The van der Waals surface area contributed by atoms with E-state index in [4.69, 9.17) is 9.47 Å². The highest BCUT2D eigenvalue weighted by Crippen LogP contribution is 2.28. The van der Waals surface area contributed by atoms with E-state index in [9.17, 15) is 23.6 Å². The molecule has 5 rings (SSSR count). The Hall–Kier alpha value is -5.63. The van der Waals surface area contributed by atoms with Crippen LogP contribution >= 0.6 is 0 Å². The number of ether oxygens (including phenoxy) is 2.